The molecule has 1 aromatic rings. The van der Waals surface area contributed by atoms with Crippen molar-refractivity contribution in [2.24, 2.45) is 5.73 Å². The number of benzene rings is 1. The molecule has 0 saturated carbocycles. The fourth-order valence-corrected chi connectivity index (χ4v) is 3.21. The summed E-state index contributed by atoms with van der Waals surface area (Å²) in [4.78, 5) is 2.41. The van der Waals surface area contributed by atoms with Gasteiger partial charge in [0.05, 0.1) is 10.7 Å². The van der Waals surface area contributed by atoms with Crippen LogP contribution in [0.1, 0.15) is 18.4 Å². The van der Waals surface area contributed by atoms with Crippen LogP contribution in [0.2, 0.25) is 5.02 Å². The van der Waals surface area contributed by atoms with E-state index < -0.39 is 0 Å². The predicted molar refractivity (Wildman–Crippen MR) is 63.5 cm³/mol. The minimum Gasteiger partial charge on any atom is -0.365 e. The van der Waals surface area contributed by atoms with Gasteiger partial charge in [-0.15, -0.1) is 0 Å². The molecule has 1 aromatic carbocycles. The van der Waals surface area contributed by atoms with Crippen molar-refractivity contribution in [1.82, 2.24) is 0 Å². The Morgan fingerprint density at radius 2 is 2.20 bits per heavy atom. The van der Waals surface area contributed by atoms with Gasteiger partial charge >= 0.3 is 0 Å². The minimum atomic E-state index is 0.328. The molecule has 15 heavy (non-hydrogen) atoms. The topological polar surface area (TPSA) is 29.3 Å². The van der Waals surface area contributed by atoms with Crippen LogP contribution in [0.25, 0.3) is 0 Å². The maximum Gasteiger partial charge on any atom is 0.0642 e. The van der Waals surface area contributed by atoms with Gasteiger partial charge in [-0.1, -0.05) is 23.7 Å². The Morgan fingerprint density at radius 3 is 3.07 bits per heavy atom. The summed E-state index contributed by atoms with van der Waals surface area (Å²) >= 11 is 6.27. The number of nitrogens with two attached hydrogens (primary N) is 1. The summed E-state index contributed by atoms with van der Waals surface area (Å²) < 4.78 is 0. The summed E-state index contributed by atoms with van der Waals surface area (Å²) in [5.41, 5.74) is 8.73. The molecule has 2 aliphatic rings. The standard InChI is InChI=1S/C12H15ClN2/c13-9-3-1-2-8-4-5-11-10(14)6-7-15(11)12(8)9/h1-3,10-11H,4-7,14H2. The van der Waals surface area contributed by atoms with Crippen LogP contribution in [0.15, 0.2) is 18.2 Å². The lowest BCUT2D eigenvalue weighted by Gasteiger charge is -2.35. The number of para-hydroxylation sites is 1. The van der Waals surface area contributed by atoms with E-state index in [9.17, 15) is 0 Å². The summed E-state index contributed by atoms with van der Waals surface area (Å²) in [5, 5.41) is 0.881. The largest absolute Gasteiger partial charge is 0.365 e. The van der Waals surface area contributed by atoms with Crippen LogP contribution in [-0.2, 0) is 6.42 Å². The zero-order valence-electron chi connectivity index (χ0n) is 8.62. The highest BCUT2D eigenvalue weighted by atomic mass is 35.5. The highest BCUT2D eigenvalue weighted by molar-refractivity contribution is 6.33. The average molecular weight is 223 g/mol. The Balaban J connectivity index is 2.08. The van der Waals surface area contributed by atoms with E-state index in [1.54, 1.807) is 0 Å². The van der Waals surface area contributed by atoms with Gasteiger partial charge < -0.3 is 10.6 Å². The van der Waals surface area contributed by atoms with Gasteiger partial charge in [0.25, 0.3) is 0 Å². The molecule has 2 atom stereocenters. The normalized spacial score (nSPS) is 28.8. The van der Waals surface area contributed by atoms with Gasteiger partial charge in [-0.2, -0.15) is 0 Å². The molecule has 2 N–H and O–H groups in total. The first-order valence-electron chi connectivity index (χ1n) is 5.57. The van der Waals surface area contributed by atoms with Gasteiger partial charge in [0.15, 0.2) is 0 Å². The van der Waals surface area contributed by atoms with Crippen LogP contribution < -0.4 is 10.6 Å². The zero-order chi connectivity index (χ0) is 10.4. The van der Waals surface area contributed by atoms with Gasteiger partial charge in [-0.05, 0) is 30.9 Å². The van der Waals surface area contributed by atoms with Gasteiger partial charge in [-0.3, -0.25) is 0 Å². The Kier molecular flexibility index (Phi) is 2.15. The van der Waals surface area contributed by atoms with Gasteiger partial charge in [0.2, 0.25) is 0 Å². The van der Waals surface area contributed by atoms with E-state index in [1.807, 2.05) is 12.1 Å². The second-order valence-corrected chi connectivity index (χ2v) is 4.91. The third kappa shape index (κ3) is 1.35. The number of nitrogens with zero attached hydrogens (tertiary/aromatic N) is 1. The van der Waals surface area contributed by atoms with Gasteiger partial charge in [0, 0.05) is 18.6 Å². The fourth-order valence-electron chi connectivity index (χ4n) is 2.91. The first-order valence-corrected chi connectivity index (χ1v) is 5.95. The Hall–Kier alpha value is -0.730. The molecule has 1 fully saturated rings. The van der Waals surface area contributed by atoms with Crippen molar-refractivity contribution in [2.75, 3.05) is 11.4 Å². The molecule has 2 aliphatic heterocycles. The average Bonchev–Trinajstić information content (AvgIpc) is 2.61. The molecule has 2 heterocycles. The molecule has 0 spiro atoms. The molecule has 2 unspecified atom stereocenters. The zero-order valence-corrected chi connectivity index (χ0v) is 9.37. The smallest absolute Gasteiger partial charge is 0.0642 e. The van der Waals surface area contributed by atoms with Crippen molar-refractivity contribution in [3.8, 4) is 0 Å². The second kappa shape index (κ2) is 3.39. The van der Waals surface area contributed by atoms with Crippen LogP contribution in [0.3, 0.4) is 0 Å². The number of anilines is 1. The lowest BCUT2D eigenvalue weighted by atomic mass is 9.95. The number of hydrogen-bond acceptors (Lipinski definition) is 2. The van der Waals surface area contributed by atoms with E-state index in [0.29, 0.717) is 12.1 Å². The second-order valence-electron chi connectivity index (χ2n) is 4.50. The molecule has 0 radical (unpaired) electrons. The first kappa shape index (κ1) is 9.49. The molecule has 2 nitrogen and oxygen atoms in total. The van der Waals surface area contributed by atoms with E-state index in [4.69, 9.17) is 17.3 Å². The van der Waals surface area contributed by atoms with E-state index in [1.165, 1.54) is 17.7 Å². The Bertz CT molecular complexity index is 391. The van der Waals surface area contributed by atoms with Gasteiger partial charge in [0.1, 0.15) is 0 Å². The fraction of sp³-hybridized carbons (Fsp3) is 0.500. The number of aryl methyl sites for hydroxylation is 1. The van der Waals surface area contributed by atoms with Crippen LogP contribution >= 0.6 is 11.6 Å². The first-order chi connectivity index (χ1) is 7.27. The number of rotatable bonds is 0. The summed E-state index contributed by atoms with van der Waals surface area (Å²) in [5.74, 6) is 0. The Labute approximate surface area is 95.0 Å². The maximum atomic E-state index is 6.27. The van der Waals surface area contributed by atoms with Crippen molar-refractivity contribution in [3.63, 3.8) is 0 Å². The number of hydrogen-bond donors (Lipinski definition) is 1. The van der Waals surface area contributed by atoms with Crippen molar-refractivity contribution in [1.29, 1.82) is 0 Å². The van der Waals surface area contributed by atoms with Crippen molar-refractivity contribution < 1.29 is 0 Å². The van der Waals surface area contributed by atoms with E-state index in [2.05, 4.69) is 11.0 Å². The van der Waals surface area contributed by atoms with Crippen LogP contribution in [0.4, 0.5) is 5.69 Å². The summed E-state index contributed by atoms with van der Waals surface area (Å²) in [6.07, 6.45) is 3.38. The molecule has 3 rings (SSSR count). The van der Waals surface area contributed by atoms with Crippen molar-refractivity contribution >= 4 is 17.3 Å². The quantitative estimate of drug-likeness (QED) is 0.729. The SMILES string of the molecule is NC1CCN2c3c(Cl)cccc3CCC12. The molecule has 0 bridgehead atoms. The molecule has 0 aliphatic carbocycles. The van der Waals surface area contributed by atoms with E-state index >= 15 is 0 Å². The predicted octanol–water partition coefficient (Wildman–Crippen LogP) is 2.19. The molecule has 80 valence electrons. The summed E-state index contributed by atoms with van der Waals surface area (Å²) in [7, 11) is 0. The minimum absolute atomic E-state index is 0.328. The highest BCUT2D eigenvalue weighted by Gasteiger charge is 2.36. The van der Waals surface area contributed by atoms with Crippen molar-refractivity contribution in [2.45, 2.75) is 31.3 Å². The van der Waals surface area contributed by atoms with Crippen LogP contribution in [0, 0.1) is 0 Å². The number of halogens is 1. The van der Waals surface area contributed by atoms with Gasteiger partial charge in [-0.25, -0.2) is 0 Å². The third-order valence-corrected chi connectivity index (χ3v) is 3.97. The number of fused-ring (bicyclic) bond motifs is 3. The summed E-state index contributed by atoms with van der Waals surface area (Å²) in [6.45, 7) is 1.06. The van der Waals surface area contributed by atoms with E-state index in [-0.39, 0.29) is 0 Å². The summed E-state index contributed by atoms with van der Waals surface area (Å²) in [6, 6.07) is 7.04. The highest BCUT2D eigenvalue weighted by Crippen LogP contribution is 2.40. The maximum absolute atomic E-state index is 6.27. The molecule has 3 heteroatoms. The molecule has 1 saturated heterocycles. The monoisotopic (exact) mass is 222 g/mol. The van der Waals surface area contributed by atoms with Crippen LogP contribution in [-0.4, -0.2) is 18.6 Å². The van der Waals surface area contributed by atoms with Crippen LogP contribution in [0.5, 0.6) is 0 Å². The lowest BCUT2D eigenvalue weighted by molar-refractivity contribution is 0.527. The molecule has 0 aromatic heterocycles. The molecular formula is C12H15ClN2. The lowest BCUT2D eigenvalue weighted by Crippen LogP contribution is -2.42. The third-order valence-electron chi connectivity index (χ3n) is 3.66. The van der Waals surface area contributed by atoms with Crippen molar-refractivity contribution in [3.05, 3.63) is 28.8 Å². The Morgan fingerprint density at radius 1 is 1.33 bits per heavy atom. The van der Waals surface area contributed by atoms with E-state index in [0.717, 1.165) is 24.4 Å². The molecule has 0 amide bonds. The molecular weight excluding hydrogens is 208 g/mol.